The Morgan fingerprint density at radius 3 is 1.07 bits per heavy atom. The van der Waals surface area contributed by atoms with E-state index >= 15 is 0 Å². The van der Waals surface area contributed by atoms with E-state index in [4.69, 9.17) is 0 Å². The van der Waals surface area contributed by atoms with Gasteiger partial charge in [-0.2, -0.15) is 0 Å². The van der Waals surface area contributed by atoms with Crippen LogP contribution < -0.4 is 0 Å². The summed E-state index contributed by atoms with van der Waals surface area (Å²) in [5.41, 5.74) is 9.95. The molecule has 0 saturated heterocycles. The first-order chi connectivity index (χ1) is 14.9. The normalized spacial score (nSPS) is 10.7. The van der Waals surface area contributed by atoms with Crippen LogP contribution in [-0.4, -0.2) is 0 Å². The van der Waals surface area contributed by atoms with Gasteiger partial charge in [-0.25, -0.2) is 0 Å². The number of hydrogen-bond acceptors (Lipinski definition) is 0. The van der Waals surface area contributed by atoms with Gasteiger partial charge in [-0.05, 0) is 44.5 Å². The lowest BCUT2D eigenvalue weighted by atomic mass is 9.87. The molecule has 0 aliphatic carbocycles. The molecule has 0 atom stereocenters. The van der Waals surface area contributed by atoms with Crippen LogP contribution in [0.15, 0.2) is 133 Å². The van der Waals surface area contributed by atoms with Crippen molar-refractivity contribution in [2.24, 2.45) is 0 Å². The van der Waals surface area contributed by atoms with Crippen molar-refractivity contribution in [2.45, 2.75) is 0 Å². The molecule has 0 aromatic heterocycles. The van der Waals surface area contributed by atoms with Gasteiger partial charge in [-0.15, -0.1) is 0 Å². The first-order valence-electron chi connectivity index (χ1n) is 10.3. The van der Waals surface area contributed by atoms with E-state index in [-0.39, 0.29) is 0 Å². The van der Waals surface area contributed by atoms with Gasteiger partial charge in [-0.1, -0.05) is 133 Å². The fourth-order valence-corrected chi connectivity index (χ4v) is 4.04. The van der Waals surface area contributed by atoms with Crippen molar-refractivity contribution in [1.82, 2.24) is 0 Å². The molecule has 0 aliphatic heterocycles. The van der Waals surface area contributed by atoms with Crippen LogP contribution in [0.5, 0.6) is 0 Å². The quantitative estimate of drug-likeness (QED) is 0.293. The maximum absolute atomic E-state index is 2.25. The van der Waals surface area contributed by atoms with Gasteiger partial charge < -0.3 is 0 Å². The fourth-order valence-electron chi connectivity index (χ4n) is 4.04. The molecule has 5 aromatic rings. The van der Waals surface area contributed by atoms with Crippen molar-refractivity contribution in [3.8, 4) is 44.5 Å². The zero-order valence-corrected chi connectivity index (χ0v) is 16.7. The third-order valence-electron chi connectivity index (χ3n) is 5.51. The van der Waals surface area contributed by atoms with Crippen LogP contribution >= 0.6 is 0 Å². The smallest absolute Gasteiger partial charge is 0.00268 e. The van der Waals surface area contributed by atoms with Gasteiger partial charge in [0.05, 0.1) is 0 Å². The van der Waals surface area contributed by atoms with Crippen molar-refractivity contribution in [1.29, 1.82) is 0 Å². The van der Waals surface area contributed by atoms with Gasteiger partial charge >= 0.3 is 0 Å². The van der Waals surface area contributed by atoms with E-state index in [1.165, 1.54) is 44.5 Å². The van der Waals surface area contributed by atoms with Gasteiger partial charge in [-0.3, -0.25) is 0 Å². The summed E-state index contributed by atoms with van der Waals surface area (Å²) >= 11 is 0. The zero-order chi connectivity index (χ0) is 20.2. The summed E-state index contributed by atoms with van der Waals surface area (Å²) in [5.74, 6) is 0. The Morgan fingerprint density at radius 2 is 0.600 bits per heavy atom. The van der Waals surface area contributed by atoms with E-state index in [9.17, 15) is 0 Å². The Balaban J connectivity index is 1.70. The van der Waals surface area contributed by atoms with Crippen LogP contribution in [0.2, 0.25) is 0 Å². The van der Waals surface area contributed by atoms with Crippen LogP contribution in [0.4, 0.5) is 0 Å². The lowest BCUT2D eigenvalue weighted by Gasteiger charge is -2.17. The molecule has 0 spiro atoms. The van der Waals surface area contributed by atoms with E-state index in [0.29, 0.717) is 0 Å². The molecule has 0 nitrogen and oxygen atoms in total. The van der Waals surface area contributed by atoms with E-state index in [0.717, 1.165) is 0 Å². The monoisotopic (exact) mass is 382 g/mol. The average molecular weight is 383 g/mol. The largest absolute Gasteiger partial charge is 0.0622 e. The highest BCUT2D eigenvalue weighted by Gasteiger charge is 2.14. The van der Waals surface area contributed by atoms with Crippen molar-refractivity contribution in [3.63, 3.8) is 0 Å². The molecule has 0 heteroatoms. The predicted molar refractivity (Wildman–Crippen MR) is 128 cm³/mol. The summed E-state index contributed by atoms with van der Waals surface area (Å²) in [6.07, 6.45) is 0. The molecule has 0 saturated carbocycles. The Bertz CT molecular complexity index is 1180. The minimum absolute atomic E-state index is 1.23. The summed E-state index contributed by atoms with van der Waals surface area (Å²) < 4.78 is 0. The Hall–Kier alpha value is -3.90. The molecule has 0 fully saturated rings. The van der Waals surface area contributed by atoms with E-state index in [2.05, 4.69) is 133 Å². The molecule has 30 heavy (non-hydrogen) atoms. The first kappa shape index (κ1) is 18.1. The molecule has 142 valence electrons. The summed E-state index contributed by atoms with van der Waals surface area (Å²) in [4.78, 5) is 0. The highest BCUT2D eigenvalue weighted by Crippen LogP contribution is 2.40. The second-order valence-corrected chi connectivity index (χ2v) is 7.40. The zero-order valence-electron chi connectivity index (χ0n) is 16.7. The number of benzene rings is 5. The van der Waals surface area contributed by atoms with Crippen LogP contribution in [0.1, 0.15) is 0 Å². The maximum atomic E-state index is 2.25. The summed E-state index contributed by atoms with van der Waals surface area (Å²) in [5, 5.41) is 0. The minimum Gasteiger partial charge on any atom is -0.0622 e. The second-order valence-electron chi connectivity index (χ2n) is 7.40. The molecule has 0 N–H and O–H groups in total. The molecule has 0 bridgehead atoms. The highest BCUT2D eigenvalue weighted by molar-refractivity contribution is 5.94. The van der Waals surface area contributed by atoms with Gasteiger partial charge in [0, 0.05) is 0 Å². The Kier molecular flexibility index (Phi) is 4.98. The maximum Gasteiger partial charge on any atom is -0.00268 e. The molecular weight excluding hydrogens is 360 g/mol. The Labute approximate surface area is 178 Å². The summed E-state index contributed by atoms with van der Waals surface area (Å²) in [6, 6.07) is 47.4. The molecule has 5 aromatic carbocycles. The molecular formula is C30H22. The highest BCUT2D eigenvalue weighted by atomic mass is 14.2. The molecule has 0 aliphatic rings. The van der Waals surface area contributed by atoms with Crippen molar-refractivity contribution >= 4 is 0 Å². The number of rotatable bonds is 4. The third kappa shape index (κ3) is 3.56. The van der Waals surface area contributed by atoms with Crippen LogP contribution in [-0.2, 0) is 0 Å². The lowest BCUT2D eigenvalue weighted by Crippen LogP contribution is -1.90. The summed E-state index contributed by atoms with van der Waals surface area (Å²) in [6.45, 7) is 0. The molecule has 0 heterocycles. The van der Waals surface area contributed by atoms with Crippen LogP contribution in [0, 0.1) is 0 Å². The standard InChI is InChI=1S/C30H22/c1-4-11-23(12-5-1)24-19-21-27(22-20-24)30-28(25-13-6-2-7-14-25)17-10-18-29(30)26-15-8-3-9-16-26/h1-22H. The lowest BCUT2D eigenvalue weighted by molar-refractivity contribution is 1.55. The van der Waals surface area contributed by atoms with Crippen molar-refractivity contribution in [2.75, 3.05) is 0 Å². The van der Waals surface area contributed by atoms with E-state index in [1.807, 2.05) is 0 Å². The molecule has 0 unspecified atom stereocenters. The van der Waals surface area contributed by atoms with Gasteiger partial charge in [0.1, 0.15) is 0 Å². The SMILES string of the molecule is c1ccc(-c2ccc(-c3c(-c4ccccc4)cccc3-c3ccccc3)cc2)cc1. The van der Waals surface area contributed by atoms with Crippen LogP contribution in [0.25, 0.3) is 44.5 Å². The molecule has 5 rings (SSSR count). The summed E-state index contributed by atoms with van der Waals surface area (Å²) in [7, 11) is 0. The van der Waals surface area contributed by atoms with Crippen molar-refractivity contribution in [3.05, 3.63) is 133 Å². The van der Waals surface area contributed by atoms with E-state index < -0.39 is 0 Å². The average Bonchev–Trinajstić information content (AvgIpc) is 2.85. The van der Waals surface area contributed by atoms with Gasteiger partial charge in [0.2, 0.25) is 0 Å². The van der Waals surface area contributed by atoms with Crippen LogP contribution in [0.3, 0.4) is 0 Å². The number of hydrogen-bond donors (Lipinski definition) is 0. The topological polar surface area (TPSA) is 0 Å². The molecule has 0 radical (unpaired) electrons. The fraction of sp³-hybridized carbons (Fsp3) is 0. The minimum atomic E-state index is 1.23. The predicted octanol–water partition coefficient (Wildman–Crippen LogP) is 8.35. The first-order valence-corrected chi connectivity index (χ1v) is 10.3. The van der Waals surface area contributed by atoms with Crippen molar-refractivity contribution < 1.29 is 0 Å². The second kappa shape index (κ2) is 8.23. The molecule has 0 amide bonds. The Morgan fingerprint density at radius 1 is 0.233 bits per heavy atom. The third-order valence-corrected chi connectivity index (χ3v) is 5.51. The van der Waals surface area contributed by atoms with Gasteiger partial charge in [0.15, 0.2) is 0 Å². The van der Waals surface area contributed by atoms with Gasteiger partial charge in [0.25, 0.3) is 0 Å². The van der Waals surface area contributed by atoms with E-state index in [1.54, 1.807) is 0 Å².